The van der Waals surface area contributed by atoms with Crippen molar-refractivity contribution in [3.63, 3.8) is 0 Å². The van der Waals surface area contributed by atoms with Crippen molar-refractivity contribution in [1.29, 1.82) is 0 Å². The maximum atomic E-state index is 12.9. The summed E-state index contributed by atoms with van der Waals surface area (Å²) in [7, 11) is 0. The van der Waals surface area contributed by atoms with Crippen LogP contribution in [0.1, 0.15) is 142 Å². The standard InChI is InChI=1S/C39H76N4O9/c1-15-35(6,7)26(44)18-19-39(14,17-3)52-23-20-36(8,9)33(51)41-22-21-40-31(49)29(47)27(45)28(46)30(48)32(50)43-38(12,13)24-34(4,5)25-42-37(10,11)16-2/h27-30,42,45-48H,15-25H2,1-14H3,(H,40,49)(H,41,51)(H,43,50)/t27-,28+,29+,30-,39?/m0/s1. The van der Waals surface area contributed by atoms with Crippen molar-refractivity contribution in [3.05, 3.63) is 0 Å². The largest absolute Gasteiger partial charge is 0.387 e. The smallest absolute Gasteiger partial charge is 0.252 e. The number of hydrogen-bond donors (Lipinski definition) is 8. The van der Waals surface area contributed by atoms with Crippen molar-refractivity contribution in [3.8, 4) is 0 Å². The van der Waals surface area contributed by atoms with Crippen LogP contribution in [-0.2, 0) is 23.9 Å². The summed E-state index contributed by atoms with van der Waals surface area (Å²) in [4.78, 5) is 50.9. The van der Waals surface area contributed by atoms with Crippen LogP contribution in [0.5, 0.6) is 0 Å². The molecule has 0 aliphatic rings. The minimum atomic E-state index is -2.17. The molecule has 52 heavy (non-hydrogen) atoms. The Balaban J connectivity index is 4.88. The van der Waals surface area contributed by atoms with Gasteiger partial charge in [-0.3, -0.25) is 19.2 Å². The quantitative estimate of drug-likeness (QED) is 0.0608. The van der Waals surface area contributed by atoms with Crippen LogP contribution in [0.15, 0.2) is 0 Å². The van der Waals surface area contributed by atoms with E-state index in [9.17, 15) is 39.6 Å². The zero-order chi connectivity index (χ0) is 40.9. The number of rotatable bonds is 26. The topological polar surface area (TPSA) is 207 Å². The average molecular weight is 745 g/mol. The number of aliphatic hydroxyl groups is 4. The summed E-state index contributed by atoms with van der Waals surface area (Å²) < 4.78 is 6.18. The summed E-state index contributed by atoms with van der Waals surface area (Å²) in [5.41, 5.74) is -2.75. The van der Waals surface area contributed by atoms with E-state index in [1.165, 1.54) is 0 Å². The Bertz CT molecular complexity index is 1150. The van der Waals surface area contributed by atoms with Crippen LogP contribution in [-0.4, -0.2) is 111 Å². The number of ketones is 1. The minimum Gasteiger partial charge on any atom is -0.387 e. The lowest BCUT2D eigenvalue weighted by atomic mass is 9.79. The van der Waals surface area contributed by atoms with Crippen molar-refractivity contribution >= 4 is 23.5 Å². The van der Waals surface area contributed by atoms with E-state index in [2.05, 4.69) is 55.9 Å². The normalized spacial score (nSPS) is 16.7. The molecule has 1 unspecified atom stereocenters. The van der Waals surface area contributed by atoms with Gasteiger partial charge >= 0.3 is 0 Å². The molecule has 0 saturated heterocycles. The third-order valence-corrected chi connectivity index (χ3v) is 10.6. The number of Topliss-reactive ketones (excluding diaryl/α,β-unsaturated/α-hetero) is 1. The maximum absolute atomic E-state index is 12.9. The molecule has 0 saturated carbocycles. The monoisotopic (exact) mass is 745 g/mol. The Morgan fingerprint density at radius 2 is 1.15 bits per heavy atom. The summed E-state index contributed by atoms with van der Waals surface area (Å²) in [6.07, 6.45) is -4.21. The lowest BCUT2D eigenvalue weighted by Gasteiger charge is -2.39. The second-order valence-corrected chi connectivity index (χ2v) is 18.2. The first-order valence-electron chi connectivity index (χ1n) is 19.0. The predicted octanol–water partition coefficient (Wildman–Crippen LogP) is 3.14. The molecule has 0 heterocycles. The van der Waals surface area contributed by atoms with E-state index in [0.29, 0.717) is 38.8 Å². The first-order valence-corrected chi connectivity index (χ1v) is 19.0. The van der Waals surface area contributed by atoms with E-state index in [1.807, 2.05) is 34.6 Å². The van der Waals surface area contributed by atoms with Crippen LogP contribution in [0.25, 0.3) is 0 Å². The number of hydrogen-bond acceptors (Lipinski definition) is 10. The summed E-state index contributed by atoms with van der Waals surface area (Å²) in [5.74, 6) is -2.08. The molecule has 0 aliphatic heterocycles. The van der Waals surface area contributed by atoms with Crippen LogP contribution < -0.4 is 21.3 Å². The first kappa shape index (κ1) is 49.8. The van der Waals surface area contributed by atoms with Gasteiger partial charge < -0.3 is 46.4 Å². The van der Waals surface area contributed by atoms with Gasteiger partial charge in [0.15, 0.2) is 12.2 Å². The fourth-order valence-corrected chi connectivity index (χ4v) is 5.63. The molecular formula is C39H76N4O9. The Kier molecular flexibility index (Phi) is 19.6. The number of amides is 3. The Labute approximate surface area is 314 Å². The zero-order valence-electron chi connectivity index (χ0n) is 34.9. The summed E-state index contributed by atoms with van der Waals surface area (Å²) in [6, 6.07) is 0. The molecule has 13 heteroatoms. The third kappa shape index (κ3) is 17.3. The number of aliphatic hydroxyl groups excluding tert-OH is 4. The molecule has 0 radical (unpaired) electrons. The van der Waals surface area contributed by atoms with E-state index >= 15 is 0 Å². The first-order chi connectivity index (χ1) is 23.5. The Morgan fingerprint density at radius 1 is 0.635 bits per heavy atom. The molecule has 0 aromatic carbocycles. The average Bonchev–Trinajstić information content (AvgIpc) is 3.05. The van der Waals surface area contributed by atoms with E-state index in [1.54, 1.807) is 27.7 Å². The highest BCUT2D eigenvalue weighted by molar-refractivity contribution is 5.84. The van der Waals surface area contributed by atoms with Gasteiger partial charge in [0.1, 0.15) is 18.0 Å². The molecule has 3 amide bonds. The van der Waals surface area contributed by atoms with Crippen molar-refractivity contribution < 1.29 is 44.3 Å². The van der Waals surface area contributed by atoms with Crippen LogP contribution in [0.3, 0.4) is 0 Å². The highest BCUT2D eigenvalue weighted by Gasteiger charge is 2.40. The number of nitrogens with one attached hydrogen (secondary N) is 4. The van der Waals surface area contributed by atoms with Gasteiger partial charge in [0.2, 0.25) is 5.91 Å². The minimum absolute atomic E-state index is 0.0180. The zero-order valence-corrected chi connectivity index (χ0v) is 34.9. The molecule has 0 fully saturated rings. The molecule has 306 valence electrons. The highest BCUT2D eigenvalue weighted by Crippen LogP contribution is 2.30. The number of ether oxygens (including phenoxy) is 1. The van der Waals surface area contributed by atoms with Crippen molar-refractivity contribution in [2.24, 2.45) is 16.2 Å². The highest BCUT2D eigenvalue weighted by atomic mass is 16.5. The fourth-order valence-electron chi connectivity index (χ4n) is 5.63. The van der Waals surface area contributed by atoms with Crippen molar-refractivity contribution in [2.75, 3.05) is 26.2 Å². The number of carbonyl (C=O) groups excluding carboxylic acids is 4. The second kappa shape index (κ2) is 20.5. The molecule has 0 aliphatic carbocycles. The van der Waals surface area contributed by atoms with Crippen LogP contribution in [0, 0.1) is 16.2 Å². The van der Waals surface area contributed by atoms with Gasteiger partial charge in [0.05, 0.1) is 5.60 Å². The number of carbonyl (C=O) groups is 4. The van der Waals surface area contributed by atoms with Gasteiger partial charge in [0.25, 0.3) is 11.8 Å². The van der Waals surface area contributed by atoms with Crippen LogP contribution >= 0.6 is 0 Å². The fraction of sp³-hybridized carbons (Fsp3) is 0.897. The van der Waals surface area contributed by atoms with Crippen LogP contribution in [0.2, 0.25) is 0 Å². The van der Waals surface area contributed by atoms with Gasteiger partial charge in [-0.25, -0.2) is 0 Å². The van der Waals surface area contributed by atoms with Gasteiger partial charge in [-0.05, 0) is 78.6 Å². The third-order valence-electron chi connectivity index (χ3n) is 10.6. The Hall–Kier alpha value is -2.16. The van der Waals surface area contributed by atoms with Gasteiger partial charge in [-0.15, -0.1) is 0 Å². The lowest BCUT2D eigenvalue weighted by molar-refractivity contribution is -0.156. The van der Waals surface area contributed by atoms with E-state index in [0.717, 1.165) is 19.3 Å². The van der Waals surface area contributed by atoms with Crippen molar-refractivity contribution in [1.82, 2.24) is 21.3 Å². The molecule has 0 aromatic heterocycles. The van der Waals surface area contributed by atoms with Gasteiger partial charge in [0, 0.05) is 54.6 Å². The van der Waals surface area contributed by atoms with Gasteiger partial charge in [-0.1, -0.05) is 62.3 Å². The predicted molar refractivity (Wildman–Crippen MR) is 204 cm³/mol. The molecule has 0 spiro atoms. The lowest BCUT2D eigenvalue weighted by Crippen LogP contribution is -2.58. The molecule has 0 rings (SSSR count). The van der Waals surface area contributed by atoms with E-state index in [4.69, 9.17) is 4.74 Å². The summed E-state index contributed by atoms with van der Waals surface area (Å²) in [6.45, 7) is 28.3. The maximum Gasteiger partial charge on any atom is 0.252 e. The molecular weight excluding hydrogens is 668 g/mol. The van der Waals surface area contributed by atoms with E-state index < -0.39 is 52.8 Å². The molecule has 5 atom stereocenters. The second-order valence-electron chi connectivity index (χ2n) is 18.2. The summed E-state index contributed by atoms with van der Waals surface area (Å²) >= 11 is 0. The molecule has 8 N–H and O–H groups in total. The van der Waals surface area contributed by atoms with Crippen molar-refractivity contribution in [2.45, 2.75) is 183 Å². The SMILES string of the molecule is CCC(C)(C)NCC(C)(C)CC(C)(C)NC(=O)[C@@H](O)[C@H](O)[C@H](O)[C@@H](O)C(=O)NCCNC(=O)C(C)(C)CCOC(C)(CC)CCC(=O)C(C)(C)CC. The van der Waals surface area contributed by atoms with E-state index in [-0.39, 0.29) is 41.1 Å². The van der Waals surface area contributed by atoms with Crippen LogP contribution in [0.4, 0.5) is 0 Å². The molecule has 0 bridgehead atoms. The Morgan fingerprint density at radius 3 is 1.65 bits per heavy atom. The molecule has 0 aromatic rings. The van der Waals surface area contributed by atoms with Gasteiger partial charge in [-0.2, -0.15) is 0 Å². The summed E-state index contributed by atoms with van der Waals surface area (Å²) in [5, 5.41) is 53.1. The molecule has 13 nitrogen and oxygen atoms in total.